The first-order chi connectivity index (χ1) is 13.7. The molecule has 6 heteroatoms. The number of rotatable bonds is 8. The molecule has 0 unspecified atom stereocenters. The van der Waals surface area contributed by atoms with Gasteiger partial charge in [0.15, 0.2) is 11.5 Å². The van der Waals surface area contributed by atoms with Crippen LogP contribution in [0.5, 0.6) is 17.2 Å². The molecule has 2 aromatic carbocycles. The van der Waals surface area contributed by atoms with Gasteiger partial charge in [0.25, 0.3) is 0 Å². The molecule has 1 amide bonds. The van der Waals surface area contributed by atoms with E-state index in [1.807, 2.05) is 48.5 Å². The summed E-state index contributed by atoms with van der Waals surface area (Å²) >= 11 is 0. The fraction of sp³-hybridized carbons (Fsp3) is 0.409. The maximum Gasteiger partial charge on any atom is 0.228 e. The van der Waals surface area contributed by atoms with Crippen LogP contribution in [0, 0.1) is 5.41 Å². The van der Waals surface area contributed by atoms with Crippen LogP contribution < -0.4 is 20.1 Å². The Morgan fingerprint density at radius 2 is 1.71 bits per heavy atom. The number of methoxy groups -OCH3 is 2. The summed E-state index contributed by atoms with van der Waals surface area (Å²) in [7, 11) is 3.27. The Bertz CT molecular complexity index is 765. The van der Waals surface area contributed by atoms with E-state index in [9.17, 15) is 4.79 Å². The SMILES string of the molecule is COCC1(C(=O)NCc2ccc(Oc3ccccc3OC)cc2)CCNCC1. The number of benzene rings is 2. The molecular weight excluding hydrogens is 356 g/mol. The second-order valence-corrected chi connectivity index (χ2v) is 7.04. The van der Waals surface area contributed by atoms with Crippen LogP contribution >= 0.6 is 0 Å². The first kappa shape index (κ1) is 20.2. The van der Waals surface area contributed by atoms with Crippen LogP contribution in [0.25, 0.3) is 0 Å². The molecule has 0 spiro atoms. The van der Waals surface area contributed by atoms with E-state index >= 15 is 0 Å². The molecule has 150 valence electrons. The fourth-order valence-corrected chi connectivity index (χ4v) is 3.49. The third kappa shape index (κ3) is 4.82. The number of piperidine rings is 1. The fourth-order valence-electron chi connectivity index (χ4n) is 3.49. The Kier molecular flexibility index (Phi) is 6.90. The van der Waals surface area contributed by atoms with Gasteiger partial charge in [-0.2, -0.15) is 0 Å². The van der Waals surface area contributed by atoms with Gasteiger partial charge in [0, 0.05) is 13.7 Å². The van der Waals surface area contributed by atoms with Crippen molar-refractivity contribution in [3.05, 3.63) is 54.1 Å². The average molecular weight is 384 g/mol. The number of ether oxygens (including phenoxy) is 3. The molecule has 0 radical (unpaired) electrons. The number of amides is 1. The molecule has 28 heavy (non-hydrogen) atoms. The average Bonchev–Trinajstić information content (AvgIpc) is 2.74. The quantitative estimate of drug-likeness (QED) is 0.732. The highest BCUT2D eigenvalue weighted by atomic mass is 16.5. The molecule has 1 saturated heterocycles. The number of para-hydroxylation sites is 2. The van der Waals surface area contributed by atoms with Crippen LogP contribution in [0.4, 0.5) is 0 Å². The van der Waals surface area contributed by atoms with Crippen molar-refractivity contribution in [3.63, 3.8) is 0 Å². The monoisotopic (exact) mass is 384 g/mol. The highest BCUT2D eigenvalue weighted by Gasteiger charge is 2.39. The standard InChI is InChI=1S/C22H28N2O4/c1-26-16-22(11-13-23-14-12-22)21(25)24-15-17-7-9-18(10-8-17)28-20-6-4-3-5-19(20)27-2/h3-10,23H,11-16H2,1-2H3,(H,24,25). The van der Waals surface area contributed by atoms with Crippen molar-refractivity contribution in [2.24, 2.45) is 5.41 Å². The molecule has 2 N–H and O–H groups in total. The van der Waals surface area contributed by atoms with Gasteiger partial charge < -0.3 is 24.8 Å². The largest absolute Gasteiger partial charge is 0.493 e. The van der Waals surface area contributed by atoms with Crippen LogP contribution in [0.1, 0.15) is 18.4 Å². The lowest BCUT2D eigenvalue weighted by atomic mass is 9.78. The van der Waals surface area contributed by atoms with Gasteiger partial charge in [0.2, 0.25) is 5.91 Å². The van der Waals surface area contributed by atoms with Crippen molar-refractivity contribution in [2.45, 2.75) is 19.4 Å². The van der Waals surface area contributed by atoms with Crippen molar-refractivity contribution in [2.75, 3.05) is 33.9 Å². The van der Waals surface area contributed by atoms with Gasteiger partial charge >= 0.3 is 0 Å². The van der Waals surface area contributed by atoms with Crippen molar-refractivity contribution in [3.8, 4) is 17.2 Å². The molecular formula is C22H28N2O4. The predicted molar refractivity (Wildman–Crippen MR) is 108 cm³/mol. The third-order valence-corrected chi connectivity index (χ3v) is 5.14. The lowest BCUT2D eigenvalue weighted by Gasteiger charge is -2.35. The molecule has 2 aromatic rings. The molecule has 0 aromatic heterocycles. The van der Waals surface area contributed by atoms with Gasteiger partial charge in [-0.3, -0.25) is 4.79 Å². The molecule has 1 aliphatic rings. The van der Waals surface area contributed by atoms with E-state index in [1.165, 1.54) is 0 Å². The molecule has 3 rings (SSSR count). The van der Waals surface area contributed by atoms with Crippen molar-refractivity contribution < 1.29 is 19.0 Å². The van der Waals surface area contributed by atoms with E-state index in [1.54, 1.807) is 14.2 Å². The highest BCUT2D eigenvalue weighted by Crippen LogP contribution is 2.31. The minimum atomic E-state index is -0.438. The summed E-state index contributed by atoms with van der Waals surface area (Å²) in [5, 5.41) is 6.38. The molecule has 0 atom stereocenters. The summed E-state index contributed by atoms with van der Waals surface area (Å²) in [5.41, 5.74) is 0.578. The van der Waals surface area contributed by atoms with Gasteiger partial charge in [0.1, 0.15) is 5.75 Å². The van der Waals surface area contributed by atoms with E-state index < -0.39 is 5.41 Å². The van der Waals surface area contributed by atoms with Crippen LogP contribution in [0.2, 0.25) is 0 Å². The molecule has 0 aliphatic carbocycles. The van der Waals surface area contributed by atoms with Crippen molar-refractivity contribution in [1.29, 1.82) is 0 Å². The Hall–Kier alpha value is -2.57. The minimum absolute atomic E-state index is 0.0604. The van der Waals surface area contributed by atoms with Gasteiger partial charge in [-0.05, 0) is 55.8 Å². The molecule has 1 fully saturated rings. The van der Waals surface area contributed by atoms with Crippen LogP contribution in [0.3, 0.4) is 0 Å². The van der Waals surface area contributed by atoms with Gasteiger partial charge in [-0.15, -0.1) is 0 Å². The molecule has 1 heterocycles. The van der Waals surface area contributed by atoms with Crippen LogP contribution in [0.15, 0.2) is 48.5 Å². The number of carbonyl (C=O) groups is 1. The Morgan fingerprint density at radius 3 is 2.36 bits per heavy atom. The zero-order valence-corrected chi connectivity index (χ0v) is 16.5. The summed E-state index contributed by atoms with van der Waals surface area (Å²) in [6.45, 7) is 2.61. The summed E-state index contributed by atoms with van der Waals surface area (Å²) < 4.78 is 16.5. The Balaban J connectivity index is 1.59. The number of carbonyl (C=O) groups excluding carboxylic acids is 1. The predicted octanol–water partition coefficient (Wildman–Crippen LogP) is 3.12. The number of nitrogens with one attached hydrogen (secondary N) is 2. The van der Waals surface area contributed by atoms with Crippen molar-refractivity contribution in [1.82, 2.24) is 10.6 Å². The van der Waals surface area contributed by atoms with E-state index in [0.717, 1.165) is 31.5 Å². The Morgan fingerprint density at radius 1 is 1.04 bits per heavy atom. The van der Waals surface area contributed by atoms with Crippen LogP contribution in [-0.2, 0) is 16.1 Å². The molecule has 6 nitrogen and oxygen atoms in total. The van der Waals surface area contributed by atoms with Gasteiger partial charge in [-0.25, -0.2) is 0 Å². The van der Waals surface area contributed by atoms with Gasteiger partial charge in [0.05, 0.1) is 19.1 Å². The molecule has 0 saturated carbocycles. The summed E-state index contributed by atoms with van der Waals surface area (Å²) in [6.07, 6.45) is 1.58. The van der Waals surface area contributed by atoms with E-state index in [4.69, 9.17) is 14.2 Å². The second-order valence-electron chi connectivity index (χ2n) is 7.04. The van der Waals surface area contributed by atoms with Crippen LogP contribution in [-0.4, -0.2) is 39.8 Å². The maximum atomic E-state index is 12.8. The second kappa shape index (κ2) is 9.57. The number of hydrogen-bond donors (Lipinski definition) is 2. The lowest BCUT2D eigenvalue weighted by Crippen LogP contribution is -2.49. The molecule has 0 bridgehead atoms. The summed E-state index contributed by atoms with van der Waals surface area (Å²) in [6, 6.07) is 15.2. The normalized spacial score (nSPS) is 15.6. The van der Waals surface area contributed by atoms with E-state index in [0.29, 0.717) is 30.4 Å². The summed E-state index contributed by atoms with van der Waals surface area (Å²) in [4.78, 5) is 12.8. The first-order valence-corrected chi connectivity index (χ1v) is 9.55. The highest BCUT2D eigenvalue weighted by molar-refractivity contribution is 5.83. The summed E-state index contributed by atoms with van der Waals surface area (Å²) in [5.74, 6) is 2.13. The maximum absolute atomic E-state index is 12.8. The first-order valence-electron chi connectivity index (χ1n) is 9.55. The lowest BCUT2D eigenvalue weighted by molar-refractivity contribution is -0.136. The van der Waals surface area contributed by atoms with E-state index in [-0.39, 0.29) is 5.91 Å². The minimum Gasteiger partial charge on any atom is -0.493 e. The zero-order valence-electron chi connectivity index (χ0n) is 16.5. The smallest absolute Gasteiger partial charge is 0.228 e. The molecule has 1 aliphatic heterocycles. The topological polar surface area (TPSA) is 68.8 Å². The van der Waals surface area contributed by atoms with Crippen molar-refractivity contribution >= 4 is 5.91 Å². The Labute approximate surface area is 166 Å². The zero-order chi connectivity index (χ0) is 19.8. The van der Waals surface area contributed by atoms with Gasteiger partial charge in [-0.1, -0.05) is 24.3 Å². The third-order valence-electron chi connectivity index (χ3n) is 5.14. The van der Waals surface area contributed by atoms with E-state index in [2.05, 4.69) is 10.6 Å². The number of hydrogen-bond acceptors (Lipinski definition) is 5.